The van der Waals surface area contributed by atoms with E-state index in [2.05, 4.69) is 15.0 Å². The molecule has 2 heterocycles. The van der Waals surface area contributed by atoms with Crippen LogP contribution < -0.4 is 19.5 Å². The fraction of sp³-hybridized carbons (Fsp3) is 0.250. The second-order valence-electron chi connectivity index (χ2n) is 5.22. The second kappa shape index (κ2) is 7.28. The Morgan fingerprint density at radius 2 is 1.92 bits per heavy atom. The zero-order valence-corrected chi connectivity index (χ0v) is 13.9. The zero-order valence-electron chi connectivity index (χ0n) is 13.1. The number of carbonyl (C=O) groups is 1. The number of anilines is 1. The van der Waals surface area contributed by atoms with Crippen LogP contribution in [-0.2, 0) is 0 Å². The van der Waals surface area contributed by atoms with E-state index in [0.717, 1.165) is 6.20 Å². The fourth-order valence-electron chi connectivity index (χ4n) is 2.11. The number of halogens is 4. The summed E-state index contributed by atoms with van der Waals surface area (Å²) in [5.74, 6) is 0.145. The molecule has 1 amide bonds. The Balaban J connectivity index is 1.68. The van der Waals surface area contributed by atoms with E-state index in [1.165, 1.54) is 24.3 Å². The molecule has 138 valence electrons. The van der Waals surface area contributed by atoms with Crippen LogP contribution in [0.4, 0.5) is 18.9 Å². The summed E-state index contributed by atoms with van der Waals surface area (Å²) in [6.45, 7) is -0.673. The number of amides is 1. The van der Waals surface area contributed by atoms with E-state index in [0.29, 0.717) is 30.4 Å². The second-order valence-corrected chi connectivity index (χ2v) is 5.63. The van der Waals surface area contributed by atoms with Crippen molar-refractivity contribution in [1.29, 1.82) is 0 Å². The number of benzene rings is 1. The predicted molar refractivity (Wildman–Crippen MR) is 86.2 cm³/mol. The lowest BCUT2D eigenvalue weighted by molar-refractivity contribution is -0.154. The van der Waals surface area contributed by atoms with Crippen molar-refractivity contribution < 1.29 is 32.2 Å². The van der Waals surface area contributed by atoms with Gasteiger partial charge in [0, 0.05) is 24.4 Å². The summed E-state index contributed by atoms with van der Waals surface area (Å²) in [5, 5.41) is 2.84. The molecule has 0 aliphatic carbocycles. The zero-order chi connectivity index (χ0) is 18.7. The molecule has 1 N–H and O–H groups in total. The molecular formula is C16H12ClF3N2O4. The van der Waals surface area contributed by atoms with Crippen molar-refractivity contribution in [3.8, 4) is 17.4 Å². The number of hydrogen-bond acceptors (Lipinski definition) is 5. The first kappa shape index (κ1) is 18.1. The maximum atomic E-state index is 12.3. The first-order chi connectivity index (χ1) is 12.3. The number of carbonyl (C=O) groups excluding carboxylic acids is 1. The third kappa shape index (κ3) is 4.48. The lowest BCUT2D eigenvalue weighted by atomic mass is 10.2. The van der Waals surface area contributed by atoms with Gasteiger partial charge in [-0.1, -0.05) is 11.6 Å². The van der Waals surface area contributed by atoms with Gasteiger partial charge in [0.15, 0.2) is 18.1 Å². The number of hydrogen-bond donors (Lipinski definition) is 1. The quantitative estimate of drug-likeness (QED) is 0.865. The monoisotopic (exact) mass is 388 g/mol. The van der Waals surface area contributed by atoms with Crippen LogP contribution in [0.2, 0.25) is 5.02 Å². The normalized spacial score (nSPS) is 13.2. The molecule has 10 heteroatoms. The summed E-state index contributed by atoms with van der Waals surface area (Å²) in [6.07, 6.45) is -3.36. The Hall–Kier alpha value is -2.68. The molecule has 6 nitrogen and oxygen atoms in total. The summed E-state index contributed by atoms with van der Waals surface area (Å²) in [4.78, 5) is 15.9. The fourth-order valence-corrected chi connectivity index (χ4v) is 2.31. The summed E-state index contributed by atoms with van der Waals surface area (Å²) in [5.41, 5.74) is 0.425. The van der Waals surface area contributed by atoms with E-state index in [9.17, 15) is 18.0 Å². The minimum atomic E-state index is -4.47. The summed E-state index contributed by atoms with van der Waals surface area (Å²) >= 11 is 6.11. The number of alkyl halides is 3. The molecule has 0 saturated heterocycles. The molecular weight excluding hydrogens is 377 g/mol. The minimum Gasteiger partial charge on any atom is -0.486 e. The van der Waals surface area contributed by atoms with Gasteiger partial charge in [0.25, 0.3) is 5.91 Å². The lowest BCUT2D eigenvalue weighted by Crippen LogP contribution is -2.20. The Bertz CT molecular complexity index is 812. The van der Waals surface area contributed by atoms with Gasteiger partial charge in [-0.3, -0.25) is 4.79 Å². The lowest BCUT2D eigenvalue weighted by Gasteiger charge is -2.20. The van der Waals surface area contributed by atoms with E-state index in [1.807, 2.05) is 0 Å². The molecule has 3 rings (SSSR count). The van der Waals surface area contributed by atoms with E-state index in [1.54, 1.807) is 0 Å². The number of aromatic nitrogens is 1. The number of pyridine rings is 1. The molecule has 2 aromatic rings. The van der Waals surface area contributed by atoms with Crippen molar-refractivity contribution in [1.82, 2.24) is 4.98 Å². The summed E-state index contributed by atoms with van der Waals surface area (Å²) < 4.78 is 51.6. The maximum absolute atomic E-state index is 12.3. The maximum Gasteiger partial charge on any atom is 0.422 e. The highest BCUT2D eigenvalue weighted by Crippen LogP contribution is 2.38. The van der Waals surface area contributed by atoms with Crippen LogP contribution in [0, 0.1) is 0 Å². The van der Waals surface area contributed by atoms with Gasteiger partial charge < -0.3 is 19.5 Å². The molecule has 1 aliphatic heterocycles. The van der Waals surface area contributed by atoms with Crippen molar-refractivity contribution in [2.45, 2.75) is 6.18 Å². The highest BCUT2D eigenvalue weighted by molar-refractivity contribution is 6.34. The molecule has 1 aromatic carbocycles. The van der Waals surface area contributed by atoms with Gasteiger partial charge >= 0.3 is 6.18 Å². The Kier molecular flexibility index (Phi) is 5.08. The van der Waals surface area contributed by atoms with Crippen molar-refractivity contribution in [3.05, 3.63) is 41.0 Å². The molecule has 1 aromatic heterocycles. The van der Waals surface area contributed by atoms with E-state index >= 15 is 0 Å². The van der Waals surface area contributed by atoms with Crippen molar-refractivity contribution >= 4 is 23.2 Å². The average molecular weight is 389 g/mol. The molecule has 0 fully saturated rings. The molecule has 26 heavy (non-hydrogen) atoms. The molecule has 1 aliphatic rings. The van der Waals surface area contributed by atoms with E-state index in [-0.39, 0.29) is 16.5 Å². The topological polar surface area (TPSA) is 69.7 Å². The SMILES string of the molecule is O=C(Nc1cc2c(cc1Cl)OCCO2)c1ccc(OCC(F)(F)F)nc1. The van der Waals surface area contributed by atoms with Crippen molar-refractivity contribution in [2.75, 3.05) is 25.1 Å². The van der Waals surface area contributed by atoms with Crippen molar-refractivity contribution in [3.63, 3.8) is 0 Å². The molecule has 0 unspecified atom stereocenters. The van der Waals surface area contributed by atoms with Crippen LogP contribution in [0.1, 0.15) is 10.4 Å². The Labute approximate surface area is 150 Å². The first-order valence-electron chi connectivity index (χ1n) is 7.38. The van der Waals surface area contributed by atoms with Gasteiger partial charge in [0.05, 0.1) is 16.3 Å². The van der Waals surface area contributed by atoms with Crippen LogP contribution in [0.15, 0.2) is 30.5 Å². The van der Waals surface area contributed by atoms with Gasteiger partial charge in [-0.05, 0) is 6.07 Å². The smallest absolute Gasteiger partial charge is 0.422 e. The van der Waals surface area contributed by atoms with Gasteiger partial charge in [-0.2, -0.15) is 13.2 Å². The Morgan fingerprint density at radius 1 is 1.23 bits per heavy atom. The number of rotatable bonds is 4. The van der Waals surface area contributed by atoms with Crippen LogP contribution in [-0.4, -0.2) is 36.9 Å². The molecule has 0 saturated carbocycles. The molecule has 0 atom stereocenters. The van der Waals surface area contributed by atoms with Crippen LogP contribution in [0.3, 0.4) is 0 Å². The third-order valence-electron chi connectivity index (χ3n) is 3.26. The number of fused-ring (bicyclic) bond motifs is 1. The van der Waals surface area contributed by atoms with Gasteiger partial charge in [-0.15, -0.1) is 0 Å². The predicted octanol–water partition coefficient (Wildman–Crippen LogP) is 3.70. The van der Waals surface area contributed by atoms with Crippen molar-refractivity contribution in [2.24, 2.45) is 0 Å². The number of nitrogens with zero attached hydrogens (tertiary/aromatic N) is 1. The number of nitrogens with one attached hydrogen (secondary N) is 1. The van der Waals surface area contributed by atoms with E-state index < -0.39 is 18.7 Å². The summed E-state index contributed by atoms with van der Waals surface area (Å²) in [7, 11) is 0. The molecule has 0 bridgehead atoms. The summed E-state index contributed by atoms with van der Waals surface area (Å²) in [6, 6.07) is 5.52. The number of ether oxygens (including phenoxy) is 3. The van der Waals surface area contributed by atoms with Gasteiger partial charge in [0.1, 0.15) is 13.2 Å². The largest absolute Gasteiger partial charge is 0.486 e. The minimum absolute atomic E-state index is 0.121. The third-order valence-corrected chi connectivity index (χ3v) is 3.58. The van der Waals surface area contributed by atoms with Crippen LogP contribution in [0.5, 0.6) is 17.4 Å². The van der Waals surface area contributed by atoms with Gasteiger partial charge in [-0.25, -0.2) is 4.98 Å². The van der Waals surface area contributed by atoms with Gasteiger partial charge in [0.2, 0.25) is 5.88 Å². The highest BCUT2D eigenvalue weighted by atomic mass is 35.5. The Morgan fingerprint density at radius 3 is 2.54 bits per heavy atom. The van der Waals surface area contributed by atoms with Crippen LogP contribution in [0.25, 0.3) is 0 Å². The molecule has 0 radical (unpaired) electrons. The molecule has 0 spiro atoms. The average Bonchev–Trinajstić information content (AvgIpc) is 2.60. The standard InChI is InChI=1S/C16H12ClF3N2O4/c17-10-5-12-13(25-4-3-24-12)6-11(10)22-15(23)9-1-2-14(21-7-9)26-8-16(18,19)20/h1-2,5-7H,3-4,8H2,(H,22,23). The first-order valence-corrected chi connectivity index (χ1v) is 7.76. The van der Waals surface area contributed by atoms with E-state index in [4.69, 9.17) is 21.1 Å². The highest BCUT2D eigenvalue weighted by Gasteiger charge is 2.28. The van der Waals surface area contributed by atoms with Crippen LogP contribution >= 0.6 is 11.6 Å².